The van der Waals surface area contributed by atoms with E-state index in [0.29, 0.717) is 11.3 Å². The zero-order valence-electron chi connectivity index (χ0n) is 10.8. The lowest BCUT2D eigenvalue weighted by atomic mass is 9.86. The summed E-state index contributed by atoms with van der Waals surface area (Å²) in [5.41, 5.74) is -0.318. The van der Waals surface area contributed by atoms with Gasteiger partial charge in [0.2, 0.25) is 0 Å². The molecule has 1 aliphatic rings. The van der Waals surface area contributed by atoms with Crippen LogP contribution >= 0.6 is 0 Å². The minimum atomic E-state index is -4.33. The summed E-state index contributed by atoms with van der Waals surface area (Å²) in [4.78, 5) is 0. The van der Waals surface area contributed by atoms with Crippen molar-refractivity contribution >= 4 is 0 Å². The minimum absolute atomic E-state index is 0.0984. The fourth-order valence-electron chi connectivity index (χ4n) is 1.64. The predicted octanol–water partition coefficient (Wildman–Crippen LogP) is 4.54. The Hall–Kier alpha value is -1.19. The Morgan fingerprint density at radius 1 is 1.00 bits per heavy atom. The van der Waals surface area contributed by atoms with E-state index in [1.165, 1.54) is 6.07 Å². The van der Waals surface area contributed by atoms with Crippen molar-refractivity contribution in [2.24, 2.45) is 0 Å². The van der Waals surface area contributed by atoms with Gasteiger partial charge in [0, 0.05) is 0 Å². The van der Waals surface area contributed by atoms with Crippen LogP contribution in [0.5, 0.6) is 5.75 Å². The van der Waals surface area contributed by atoms with Crippen LogP contribution in [0.2, 0.25) is 0 Å². The first-order valence-corrected chi connectivity index (χ1v) is 6.06. The second-order valence-corrected chi connectivity index (χ2v) is 5.81. The lowest BCUT2D eigenvalue weighted by Gasteiger charge is -2.22. The van der Waals surface area contributed by atoms with E-state index in [1.54, 1.807) is 6.07 Å². The normalized spacial score (nSPS) is 16.8. The maximum Gasteiger partial charge on any atom is 0.416 e. The molecule has 18 heavy (non-hydrogen) atoms. The van der Waals surface area contributed by atoms with E-state index in [1.807, 2.05) is 20.8 Å². The maximum absolute atomic E-state index is 12.8. The van der Waals surface area contributed by atoms with Crippen molar-refractivity contribution < 1.29 is 17.9 Å². The van der Waals surface area contributed by atoms with E-state index in [4.69, 9.17) is 4.74 Å². The van der Waals surface area contributed by atoms with Crippen LogP contribution in [0.3, 0.4) is 0 Å². The van der Waals surface area contributed by atoms with Crippen LogP contribution in [0.4, 0.5) is 13.2 Å². The van der Waals surface area contributed by atoms with Crippen LogP contribution in [-0.4, -0.2) is 6.10 Å². The maximum atomic E-state index is 12.8. The van der Waals surface area contributed by atoms with E-state index in [2.05, 4.69) is 0 Å². The van der Waals surface area contributed by atoms with Crippen molar-refractivity contribution in [1.82, 2.24) is 0 Å². The first kappa shape index (κ1) is 13.2. The van der Waals surface area contributed by atoms with Crippen LogP contribution in [-0.2, 0) is 11.6 Å². The summed E-state index contributed by atoms with van der Waals surface area (Å²) in [5, 5.41) is 0. The third-order valence-electron chi connectivity index (χ3n) is 2.93. The summed E-state index contributed by atoms with van der Waals surface area (Å²) in [6.07, 6.45) is -2.37. The predicted molar refractivity (Wildman–Crippen MR) is 63.8 cm³/mol. The third-order valence-corrected chi connectivity index (χ3v) is 2.93. The van der Waals surface area contributed by atoms with E-state index in [0.717, 1.165) is 18.9 Å². The molecule has 0 heterocycles. The molecular formula is C14H17F3O. The molecule has 1 saturated carbocycles. The van der Waals surface area contributed by atoms with Gasteiger partial charge >= 0.3 is 6.18 Å². The second kappa shape index (κ2) is 4.18. The molecule has 0 spiro atoms. The Balaban J connectivity index is 2.40. The topological polar surface area (TPSA) is 9.23 Å². The van der Waals surface area contributed by atoms with Gasteiger partial charge in [-0.25, -0.2) is 0 Å². The van der Waals surface area contributed by atoms with Gasteiger partial charge in [0.05, 0.1) is 11.7 Å². The molecule has 4 heteroatoms. The molecule has 2 rings (SSSR count). The number of hydrogen-bond acceptors (Lipinski definition) is 1. The van der Waals surface area contributed by atoms with Crippen LogP contribution in [0.15, 0.2) is 18.2 Å². The van der Waals surface area contributed by atoms with Crippen molar-refractivity contribution in [2.45, 2.75) is 51.3 Å². The first-order valence-electron chi connectivity index (χ1n) is 6.06. The molecule has 0 radical (unpaired) electrons. The van der Waals surface area contributed by atoms with Crippen LogP contribution in [0.1, 0.15) is 44.7 Å². The number of alkyl halides is 3. The Labute approximate surface area is 105 Å². The Morgan fingerprint density at radius 3 is 2.00 bits per heavy atom. The lowest BCUT2D eigenvalue weighted by Crippen LogP contribution is -2.14. The van der Waals surface area contributed by atoms with Crippen molar-refractivity contribution in [1.29, 1.82) is 0 Å². The molecule has 1 nitrogen and oxygen atoms in total. The van der Waals surface area contributed by atoms with E-state index in [9.17, 15) is 13.2 Å². The monoisotopic (exact) mass is 258 g/mol. The molecule has 0 aliphatic heterocycles. The SMILES string of the molecule is CC(C)(C)c1cc(OC2CC2)cc(C(F)(F)F)c1. The molecule has 100 valence electrons. The fraction of sp³-hybridized carbons (Fsp3) is 0.571. The van der Waals surface area contributed by atoms with Gasteiger partial charge in [-0.05, 0) is 42.0 Å². The highest BCUT2D eigenvalue weighted by atomic mass is 19.4. The van der Waals surface area contributed by atoms with Gasteiger partial charge in [-0.3, -0.25) is 0 Å². The van der Waals surface area contributed by atoms with Gasteiger partial charge in [0.15, 0.2) is 0 Å². The zero-order chi connectivity index (χ0) is 13.6. The average molecular weight is 258 g/mol. The van der Waals surface area contributed by atoms with Crippen molar-refractivity contribution in [3.63, 3.8) is 0 Å². The molecule has 0 amide bonds. The smallest absolute Gasteiger partial charge is 0.416 e. The Morgan fingerprint density at radius 2 is 1.56 bits per heavy atom. The highest BCUT2D eigenvalue weighted by molar-refractivity contribution is 5.39. The molecule has 1 aromatic carbocycles. The van der Waals surface area contributed by atoms with Gasteiger partial charge in [0.1, 0.15) is 5.75 Å². The summed E-state index contributed by atoms with van der Waals surface area (Å²) < 4.78 is 44.0. The molecule has 1 aliphatic carbocycles. The molecule has 0 unspecified atom stereocenters. The van der Waals surface area contributed by atoms with Crippen LogP contribution < -0.4 is 4.74 Å². The minimum Gasteiger partial charge on any atom is -0.490 e. The standard InChI is InChI=1S/C14H17F3O/c1-13(2,3)9-6-10(14(15,16)17)8-12(7-9)18-11-4-5-11/h6-8,11H,4-5H2,1-3H3. The van der Waals surface area contributed by atoms with Gasteiger partial charge in [-0.1, -0.05) is 20.8 Å². The molecule has 0 N–H and O–H groups in total. The lowest BCUT2D eigenvalue weighted by molar-refractivity contribution is -0.137. The molecule has 1 fully saturated rings. The van der Waals surface area contributed by atoms with E-state index >= 15 is 0 Å². The summed E-state index contributed by atoms with van der Waals surface area (Å²) in [7, 11) is 0. The highest BCUT2D eigenvalue weighted by Gasteiger charge is 2.33. The van der Waals surface area contributed by atoms with Gasteiger partial charge in [-0.15, -0.1) is 0 Å². The van der Waals surface area contributed by atoms with Crippen molar-refractivity contribution in [3.8, 4) is 5.75 Å². The number of rotatable bonds is 2. The second-order valence-electron chi connectivity index (χ2n) is 5.81. The molecule has 0 aromatic heterocycles. The van der Waals surface area contributed by atoms with Crippen LogP contribution in [0, 0.1) is 0 Å². The average Bonchev–Trinajstić information content (AvgIpc) is 2.98. The van der Waals surface area contributed by atoms with E-state index in [-0.39, 0.29) is 11.5 Å². The largest absolute Gasteiger partial charge is 0.490 e. The molecule has 1 aromatic rings. The first-order chi connectivity index (χ1) is 8.16. The number of benzene rings is 1. The molecule has 0 bridgehead atoms. The third kappa shape index (κ3) is 3.18. The van der Waals surface area contributed by atoms with Gasteiger partial charge < -0.3 is 4.74 Å². The molecule has 0 atom stereocenters. The Kier molecular flexibility index (Phi) is 3.07. The van der Waals surface area contributed by atoms with Crippen molar-refractivity contribution in [3.05, 3.63) is 29.3 Å². The number of ether oxygens (including phenoxy) is 1. The molecular weight excluding hydrogens is 241 g/mol. The summed E-state index contributed by atoms with van der Waals surface area (Å²) in [5.74, 6) is 0.331. The quantitative estimate of drug-likeness (QED) is 0.756. The van der Waals surface area contributed by atoms with Gasteiger partial charge in [-0.2, -0.15) is 13.2 Å². The summed E-state index contributed by atoms with van der Waals surface area (Å²) in [6.45, 7) is 5.68. The number of hydrogen-bond donors (Lipinski definition) is 0. The fourth-order valence-corrected chi connectivity index (χ4v) is 1.64. The van der Waals surface area contributed by atoms with Crippen molar-refractivity contribution in [2.75, 3.05) is 0 Å². The number of halogens is 3. The molecule has 0 saturated heterocycles. The van der Waals surface area contributed by atoms with E-state index < -0.39 is 11.7 Å². The zero-order valence-corrected chi connectivity index (χ0v) is 10.8. The van der Waals surface area contributed by atoms with Gasteiger partial charge in [0.25, 0.3) is 0 Å². The summed E-state index contributed by atoms with van der Waals surface area (Å²) >= 11 is 0. The summed E-state index contributed by atoms with van der Waals surface area (Å²) in [6, 6.07) is 4.01. The highest BCUT2D eigenvalue weighted by Crippen LogP contribution is 2.37. The van der Waals surface area contributed by atoms with Crippen LogP contribution in [0.25, 0.3) is 0 Å². The Bertz CT molecular complexity index is 407.